The number of aliphatic hydroxyl groups is 1. The minimum atomic E-state index is -0.489. The number of aliphatic hydroxyl groups excluding tert-OH is 1. The van der Waals surface area contributed by atoms with Crippen LogP contribution in [0.15, 0.2) is 73.3 Å². The summed E-state index contributed by atoms with van der Waals surface area (Å²) >= 11 is 0. The van der Waals surface area contributed by atoms with Gasteiger partial charge in [-0.25, -0.2) is 14.5 Å². The van der Waals surface area contributed by atoms with Crippen LogP contribution < -0.4 is 4.74 Å². The number of imidazole rings is 1. The molecule has 0 bridgehead atoms. The first kappa shape index (κ1) is 27.5. The van der Waals surface area contributed by atoms with E-state index < -0.39 is 5.97 Å². The van der Waals surface area contributed by atoms with Crippen LogP contribution in [-0.2, 0) is 17.9 Å². The second-order valence-electron chi connectivity index (χ2n) is 9.19. The van der Waals surface area contributed by atoms with Gasteiger partial charge in [-0.2, -0.15) is 15.1 Å². The summed E-state index contributed by atoms with van der Waals surface area (Å²) in [5, 5.41) is 13.3. The Morgan fingerprint density at radius 1 is 1.00 bits per heavy atom. The zero-order valence-electron chi connectivity index (χ0n) is 22.7. The van der Waals surface area contributed by atoms with Gasteiger partial charge in [-0.1, -0.05) is 42.5 Å². The third-order valence-electron chi connectivity index (χ3n) is 6.28. The smallest absolute Gasteiger partial charge is 0.341 e. The van der Waals surface area contributed by atoms with Gasteiger partial charge in [0.25, 0.3) is 11.9 Å². The first-order chi connectivity index (χ1) is 20.0. The fourth-order valence-corrected chi connectivity index (χ4v) is 4.16. The topological polar surface area (TPSA) is 137 Å². The molecule has 41 heavy (non-hydrogen) atoms. The van der Waals surface area contributed by atoms with Crippen LogP contribution in [0.3, 0.4) is 0 Å². The van der Waals surface area contributed by atoms with E-state index in [-0.39, 0.29) is 43.8 Å². The number of benzene rings is 2. The average molecular weight is 556 g/mol. The second kappa shape index (κ2) is 12.4. The molecule has 0 aliphatic heterocycles. The van der Waals surface area contributed by atoms with Crippen molar-refractivity contribution in [3.05, 3.63) is 95.6 Å². The fourth-order valence-electron chi connectivity index (χ4n) is 4.16. The van der Waals surface area contributed by atoms with Crippen molar-refractivity contribution >= 4 is 23.0 Å². The van der Waals surface area contributed by atoms with Crippen LogP contribution in [0.4, 0.5) is 0 Å². The SMILES string of the molecule is CCOC(=O)c1cnn(-c2nc(OCc3ccccc3)c3c(ncn3Cc3ccc(C(=O)N(C)CCO)cc3)n2)c1. The molecule has 5 rings (SSSR count). The number of hydrogen-bond acceptors (Lipinski definition) is 9. The zero-order chi connectivity index (χ0) is 28.8. The predicted octanol–water partition coefficient (Wildman–Crippen LogP) is 2.88. The molecule has 1 N–H and O–H groups in total. The summed E-state index contributed by atoms with van der Waals surface area (Å²) in [7, 11) is 1.65. The highest BCUT2D eigenvalue weighted by Crippen LogP contribution is 2.25. The van der Waals surface area contributed by atoms with E-state index in [2.05, 4.69) is 20.1 Å². The number of rotatable bonds is 11. The molecule has 0 atom stereocenters. The monoisotopic (exact) mass is 555 g/mol. The molecule has 5 aromatic rings. The predicted molar refractivity (Wildman–Crippen MR) is 149 cm³/mol. The van der Waals surface area contributed by atoms with Gasteiger partial charge in [0.05, 0.1) is 31.3 Å². The summed E-state index contributed by atoms with van der Waals surface area (Å²) in [6.07, 6.45) is 4.54. The van der Waals surface area contributed by atoms with E-state index in [4.69, 9.17) is 14.6 Å². The van der Waals surface area contributed by atoms with E-state index in [1.807, 2.05) is 47.0 Å². The van der Waals surface area contributed by atoms with Gasteiger partial charge in [-0.15, -0.1) is 0 Å². The Bertz CT molecular complexity index is 1650. The molecule has 1 amide bonds. The van der Waals surface area contributed by atoms with Crippen LogP contribution in [0.25, 0.3) is 17.1 Å². The highest BCUT2D eigenvalue weighted by Gasteiger charge is 2.19. The molecule has 210 valence electrons. The Morgan fingerprint density at radius 2 is 1.78 bits per heavy atom. The van der Waals surface area contributed by atoms with Gasteiger partial charge in [0.2, 0.25) is 5.88 Å². The molecule has 0 radical (unpaired) electrons. The summed E-state index contributed by atoms with van der Waals surface area (Å²) in [4.78, 5) is 39.8. The number of amides is 1. The standard InChI is InChI=1S/C29H29N7O5/c1-3-40-28(39)23-15-31-36(17-23)29-32-25-24(26(33-29)41-18-21-7-5-4-6-8-21)35(19-30-25)16-20-9-11-22(12-10-20)27(38)34(2)13-14-37/h4-12,15,17,19,37H,3,13-14,16,18H2,1-2H3. The number of esters is 1. The quantitative estimate of drug-likeness (QED) is 0.244. The van der Waals surface area contributed by atoms with Crippen molar-refractivity contribution in [2.24, 2.45) is 0 Å². The molecule has 0 saturated heterocycles. The minimum Gasteiger partial charge on any atom is -0.471 e. The molecular formula is C29H29N7O5. The number of hydrogen-bond donors (Lipinski definition) is 1. The van der Waals surface area contributed by atoms with Crippen LogP contribution in [0.5, 0.6) is 5.88 Å². The van der Waals surface area contributed by atoms with Crippen LogP contribution in [0.2, 0.25) is 0 Å². The van der Waals surface area contributed by atoms with Crippen LogP contribution in [0.1, 0.15) is 38.8 Å². The van der Waals surface area contributed by atoms with E-state index in [1.54, 1.807) is 32.4 Å². The molecule has 0 unspecified atom stereocenters. The van der Waals surface area contributed by atoms with Crippen molar-refractivity contribution < 1.29 is 24.2 Å². The molecule has 0 saturated carbocycles. The maximum absolute atomic E-state index is 12.5. The number of ether oxygens (including phenoxy) is 2. The molecule has 3 aromatic heterocycles. The molecule has 0 aliphatic carbocycles. The molecule has 3 heterocycles. The number of nitrogens with zero attached hydrogens (tertiary/aromatic N) is 7. The lowest BCUT2D eigenvalue weighted by Crippen LogP contribution is -2.29. The van der Waals surface area contributed by atoms with E-state index >= 15 is 0 Å². The minimum absolute atomic E-state index is 0.0978. The van der Waals surface area contributed by atoms with Crippen LogP contribution in [0, 0.1) is 0 Å². The first-order valence-electron chi connectivity index (χ1n) is 13.0. The first-order valence-corrected chi connectivity index (χ1v) is 13.0. The molecular weight excluding hydrogens is 526 g/mol. The van der Waals surface area contributed by atoms with Crippen molar-refractivity contribution in [2.45, 2.75) is 20.1 Å². The van der Waals surface area contributed by atoms with Gasteiger partial charge < -0.3 is 24.0 Å². The Labute approximate surface area is 235 Å². The van der Waals surface area contributed by atoms with Gasteiger partial charge in [0.1, 0.15) is 6.61 Å². The second-order valence-corrected chi connectivity index (χ2v) is 9.19. The van der Waals surface area contributed by atoms with Gasteiger partial charge in [-0.05, 0) is 30.2 Å². The number of carbonyl (C=O) groups excluding carboxylic acids is 2. The van der Waals surface area contributed by atoms with Gasteiger partial charge in [-0.3, -0.25) is 4.79 Å². The van der Waals surface area contributed by atoms with Crippen molar-refractivity contribution in [3.63, 3.8) is 0 Å². The summed E-state index contributed by atoms with van der Waals surface area (Å²) in [5.74, 6) is -0.161. The Morgan fingerprint density at radius 3 is 2.51 bits per heavy atom. The Kier molecular flexibility index (Phi) is 8.30. The van der Waals surface area contributed by atoms with E-state index in [0.29, 0.717) is 29.2 Å². The highest BCUT2D eigenvalue weighted by atomic mass is 16.5. The molecule has 12 heteroatoms. The molecule has 0 aliphatic rings. The van der Waals surface area contributed by atoms with Crippen molar-refractivity contribution in [2.75, 3.05) is 26.8 Å². The van der Waals surface area contributed by atoms with Crippen molar-refractivity contribution in [1.29, 1.82) is 0 Å². The van der Waals surface area contributed by atoms with Crippen LogP contribution in [-0.4, -0.2) is 78.0 Å². The van der Waals surface area contributed by atoms with E-state index in [9.17, 15) is 9.59 Å². The van der Waals surface area contributed by atoms with E-state index in [1.165, 1.54) is 22.0 Å². The molecule has 0 fully saturated rings. The summed E-state index contributed by atoms with van der Waals surface area (Å²) in [6.45, 7) is 2.84. The summed E-state index contributed by atoms with van der Waals surface area (Å²) < 4.78 is 14.5. The third kappa shape index (κ3) is 6.23. The summed E-state index contributed by atoms with van der Waals surface area (Å²) in [6, 6.07) is 16.9. The maximum Gasteiger partial charge on any atom is 0.341 e. The average Bonchev–Trinajstić information content (AvgIpc) is 3.65. The lowest BCUT2D eigenvalue weighted by atomic mass is 10.1. The number of likely N-dealkylation sites (N-methyl/N-ethyl adjacent to an activating group) is 1. The van der Waals surface area contributed by atoms with Crippen molar-refractivity contribution in [3.8, 4) is 11.8 Å². The maximum atomic E-state index is 12.5. The number of carbonyl (C=O) groups is 2. The number of fused-ring (bicyclic) bond motifs is 1. The zero-order valence-corrected chi connectivity index (χ0v) is 22.7. The van der Waals surface area contributed by atoms with Gasteiger partial charge in [0, 0.05) is 31.9 Å². The largest absolute Gasteiger partial charge is 0.471 e. The number of aromatic nitrogens is 6. The van der Waals surface area contributed by atoms with E-state index in [0.717, 1.165) is 11.1 Å². The molecule has 0 spiro atoms. The van der Waals surface area contributed by atoms with Gasteiger partial charge >= 0.3 is 5.97 Å². The molecule has 2 aromatic carbocycles. The fraction of sp³-hybridized carbons (Fsp3) is 0.241. The summed E-state index contributed by atoms with van der Waals surface area (Å²) in [5.41, 5.74) is 3.67. The Hall–Kier alpha value is -5.10. The normalized spacial score (nSPS) is 11.0. The molecule has 12 nitrogen and oxygen atoms in total. The van der Waals surface area contributed by atoms with Crippen molar-refractivity contribution in [1.82, 2.24) is 34.2 Å². The lowest BCUT2D eigenvalue weighted by molar-refractivity contribution is 0.0526. The van der Waals surface area contributed by atoms with Crippen LogP contribution >= 0.6 is 0 Å². The Balaban J connectivity index is 1.46. The lowest BCUT2D eigenvalue weighted by Gasteiger charge is -2.16. The highest BCUT2D eigenvalue weighted by molar-refractivity contribution is 5.94. The van der Waals surface area contributed by atoms with Gasteiger partial charge in [0.15, 0.2) is 11.2 Å². The third-order valence-corrected chi connectivity index (χ3v) is 6.28.